The summed E-state index contributed by atoms with van der Waals surface area (Å²) in [5, 5.41) is 22.1. The number of ether oxygens (including phenoxy) is 2. The van der Waals surface area contributed by atoms with Gasteiger partial charge in [0.1, 0.15) is 0 Å². The van der Waals surface area contributed by atoms with E-state index >= 15 is 0 Å². The second kappa shape index (κ2) is 12.5. The van der Waals surface area contributed by atoms with Crippen molar-refractivity contribution in [3.63, 3.8) is 0 Å². The number of amides is 2. The van der Waals surface area contributed by atoms with E-state index in [-0.39, 0.29) is 23.1 Å². The minimum Gasteiger partial charge on any atom is -0.493 e. The fourth-order valence-electron chi connectivity index (χ4n) is 5.44. The third kappa shape index (κ3) is 6.95. The molecule has 4 rings (SSSR count). The van der Waals surface area contributed by atoms with E-state index in [2.05, 4.69) is 34.7 Å². The van der Waals surface area contributed by atoms with Crippen molar-refractivity contribution in [3.05, 3.63) is 53.6 Å². The molecule has 1 aliphatic heterocycles. The number of carboxylic acids is 2. The van der Waals surface area contributed by atoms with E-state index in [9.17, 15) is 22.8 Å². The van der Waals surface area contributed by atoms with Gasteiger partial charge in [0.2, 0.25) is 0 Å². The zero-order chi connectivity index (χ0) is 29.7. The number of fused-ring (bicyclic) bond motifs is 1. The summed E-state index contributed by atoms with van der Waals surface area (Å²) in [5.74, 6) is -2.28. The highest BCUT2D eigenvalue weighted by molar-refractivity contribution is 5.91. The summed E-state index contributed by atoms with van der Waals surface area (Å²) in [7, 11) is 5.45. The van der Waals surface area contributed by atoms with E-state index in [1.165, 1.54) is 17.7 Å². The Morgan fingerprint density at radius 1 is 1.00 bits per heavy atom. The summed E-state index contributed by atoms with van der Waals surface area (Å²) in [6.07, 6.45) is -1.31. The van der Waals surface area contributed by atoms with E-state index in [1.54, 1.807) is 26.4 Å². The van der Waals surface area contributed by atoms with Crippen LogP contribution < -0.4 is 20.1 Å². The van der Waals surface area contributed by atoms with Crippen LogP contribution in [0.2, 0.25) is 0 Å². The normalized spacial score (nSPS) is 22.2. The van der Waals surface area contributed by atoms with Crippen molar-refractivity contribution in [1.29, 1.82) is 0 Å². The van der Waals surface area contributed by atoms with Gasteiger partial charge in [-0.3, -0.25) is 0 Å². The quantitative estimate of drug-likeness (QED) is 0.404. The first-order chi connectivity index (χ1) is 18.8. The van der Waals surface area contributed by atoms with Crippen LogP contribution in [0.25, 0.3) is 0 Å². The monoisotopic (exact) mass is 567 g/mol. The molecule has 0 unspecified atom stereocenters. The fourth-order valence-corrected chi connectivity index (χ4v) is 5.44. The Hall–Kier alpha value is -4.00. The molecular formula is C27H32F3N3O7. The van der Waals surface area contributed by atoms with Crippen molar-refractivity contribution in [3.8, 4) is 11.5 Å². The van der Waals surface area contributed by atoms with Gasteiger partial charge in [0.05, 0.1) is 19.8 Å². The lowest BCUT2D eigenvalue weighted by molar-refractivity contribution is -0.192. The Bertz CT molecular complexity index is 1220. The molecule has 4 N–H and O–H groups in total. The predicted molar refractivity (Wildman–Crippen MR) is 139 cm³/mol. The number of hydrogen-bond acceptors (Lipinski definition) is 6. The predicted octanol–water partition coefficient (Wildman–Crippen LogP) is 4.35. The van der Waals surface area contributed by atoms with E-state index in [4.69, 9.17) is 24.5 Å². The van der Waals surface area contributed by atoms with Gasteiger partial charge in [-0.25, -0.2) is 14.4 Å². The lowest BCUT2D eigenvalue weighted by Gasteiger charge is -2.45. The first kappa shape index (κ1) is 30.5. The molecule has 13 heteroatoms. The van der Waals surface area contributed by atoms with E-state index in [1.807, 2.05) is 6.07 Å². The van der Waals surface area contributed by atoms with Crippen LogP contribution in [-0.2, 0) is 10.2 Å². The van der Waals surface area contributed by atoms with Crippen molar-refractivity contribution in [2.75, 3.05) is 33.1 Å². The summed E-state index contributed by atoms with van der Waals surface area (Å²) in [4.78, 5) is 34.9. The first-order valence-electron chi connectivity index (χ1n) is 12.4. The Kier molecular flexibility index (Phi) is 9.51. The molecule has 2 aromatic rings. The fraction of sp³-hybridized carbons (Fsp3) is 0.444. The second-order valence-corrected chi connectivity index (χ2v) is 9.73. The van der Waals surface area contributed by atoms with Gasteiger partial charge < -0.3 is 35.2 Å². The Morgan fingerprint density at radius 2 is 1.62 bits per heavy atom. The number of anilines is 1. The number of carbonyl (C=O) groups excluding carboxylic acids is 1. The molecule has 0 aromatic heterocycles. The van der Waals surface area contributed by atoms with Gasteiger partial charge in [-0.1, -0.05) is 6.07 Å². The molecule has 1 saturated carbocycles. The molecule has 1 aliphatic carbocycles. The summed E-state index contributed by atoms with van der Waals surface area (Å²) in [5.41, 5.74) is 2.03. The number of nitrogens with one attached hydrogen (secondary N) is 2. The molecule has 40 heavy (non-hydrogen) atoms. The maximum Gasteiger partial charge on any atom is 0.490 e. The summed E-state index contributed by atoms with van der Waals surface area (Å²) >= 11 is 0. The van der Waals surface area contributed by atoms with Crippen LogP contribution in [0.1, 0.15) is 41.6 Å². The minimum absolute atomic E-state index is 0.0234. The number of likely N-dealkylation sites (N-methyl/N-ethyl adjacent to an activating group) is 1. The number of rotatable bonds is 6. The van der Waals surface area contributed by atoms with Gasteiger partial charge in [0.15, 0.2) is 11.5 Å². The molecule has 0 radical (unpaired) electrons. The lowest BCUT2D eigenvalue weighted by Crippen LogP contribution is -2.52. The van der Waals surface area contributed by atoms with Gasteiger partial charge in [0.25, 0.3) is 0 Å². The zero-order valence-electron chi connectivity index (χ0n) is 22.2. The van der Waals surface area contributed by atoms with Crippen molar-refractivity contribution < 1.29 is 47.2 Å². The van der Waals surface area contributed by atoms with Gasteiger partial charge >= 0.3 is 24.1 Å². The van der Waals surface area contributed by atoms with Crippen LogP contribution in [0.15, 0.2) is 42.5 Å². The number of likely N-dealkylation sites (tertiary alicyclic amines) is 1. The van der Waals surface area contributed by atoms with E-state index in [0.717, 1.165) is 43.7 Å². The number of carbonyl (C=O) groups is 3. The summed E-state index contributed by atoms with van der Waals surface area (Å²) in [6.45, 7) is 1.01. The summed E-state index contributed by atoms with van der Waals surface area (Å²) in [6, 6.07) is 12.5. The van der Waals surface area contributed by atoms with Crippen LogP contribution in [0, 0.1) is 0 Å². The van der Waals surface area contributed by atoms with Gasteiger partial charge in [-0.05, 0) is 81.2 Å². The SMILES string of the molecule is COc1ccc([C@@]23CC[C@@H](NC(=O)Nc4ccc(C(=O)O)cc4)C[C@@H]2N(C)CC3)cc1OC.O=C(O)C(F)(F)F. The number of methoxy groups -OCH3 is 2. The largest absolute Gasteiger partial charge is 0.493 e. The number of nitrogens with zero attached hydrogens (tertiary/aromatic N) is 1. The topological polar surface area (TPSA) is 137 Å². The molecule has 2 amide bonds. The average molecular weight is 568 g/mol. The Morgan fingerprint density at radius 3 is 2.17 bits per heavy atom. The highest BCUT2D eigenvalue weighted by Gasteiger charge is 2.50. The van der Waals surface area contributed by atoms with Crippen LogP contribution in [0.4, 0.5) is 23.7 Å². The number of hydrogen-bond donors (Lipinski definition) is 4. The molecule has 2 fully saturated rings. The van der Waals surface area contributed by atoms with Crippen molar-refractivity contribution in [2.24, 2.45) is 0 Å². The smallest absolute Gasteiger partial charge is 0.490 e. The van der Waals surface area contributed by atoms with Crippen LogP contribution >= 0.6 is 0 Å². The standard InChI is InChI=1S/C25H31N3O5.C2HF3O2/c1-28-13-12-25(17-6-9-20(32-2)21(14-17)33-3)11-10-19(15-22(25)28)27-24(31)26-18-7-4-16(5-8-18)23(29)30;3-2(4,5)1(6)7/h4-9,14,19,22H,10-13,15H2,1-3H3,(H,29,30)(H2,26,27,31);(H,6,7)/t19-,22+,25+;/m1./s1. The third-order valence-electron chi connectivity index (χ3n) is 7.45. The molecule has 3 atom stereocenters. The highest BCUT2D eigenvalue weighted by atomic mass is 19.4. The number of benzene rings is 2. The van der Waals surface area contributed by atoms with Crippen molar-refractivity contribution in [1.82, 2.24) is 10.2 Å². The molecule has 1 heterocycles. The Balaban J connectivity index is 0.000000559. The van der Waals surface area contributed by atoms with Crippen molar-refractivity contribution >= 4 is 23.7 Å². The van der Waals surface area contributed by atoms with Crippen LogP contribution in [0.3, 0.4) is 0 Å². The molecule has 1 saturated heterocycles. The van der Waals surface area contributed by atoms with Gasteiger partial charge in [-0.2, -0.15) is 13.2 Å². The number of alkyl halides is 3. The highest BCUT2D eigenvalue weighted by Crippen LogP contribution is 2.49. The lowest BCUT2D eigenvalue weighted by atomic mass is 9.65. The third-order valence-corrected chi connectivity index (χ3v) is 7.45. The molecule has 2 aromatic carbocycles. The number of aromatic carboxylic acids is 1. The summed E-state index contributed by atoms with van der Waals surface area (Å²) < 4.78 is 42.7. The van der Waals surface area contributed by atoms with Crippen LogP contribution in [0.5, 0.6) is 11.5 Å². The van der Waals surface area contributed by atoms with Crippen LogP contribution in [-0.4, -0.2) is 79.2 Å². The molecule has 2 aliphatic rings. The number of halogens is 3. The molecule has 218 valence electrons. The first-order valence-corrected chi connectivity index (χ1v) is 12.4. The minimum atomic E-state index is -5.08. The number of urea groups is 1. The Labute approximate surface area is 229 Å². The van der Waals surface area contributed by atoms with E-state index in [0.29, 0.717) is 11.7 Å². The number of aliphatic carboxylic acids is 1. The molecule has 0 bridgehead atoms. The maximum atomic E-state index is 12.6. The molecule has 10 nitrogen and oxygen atoms in total. The van der Waals surface area contributed by atoms with E-state index < -0.39 is 18.1 Å². The average Bonchev–Trinajstić information content (AvgIpc) is 3.25. The zero-order valence-corrected chi connectivity index (χ0v) is 22.2. The maximum absolute atomic E-state index is 12.6. The number of carboxylic acid groups (broad SMARTS) is 2. The van der Waals surface area contributed by atoms with Crippen molar-refractivity contribution in [2.45, 2.75) is 49.4 Å². The van der Waals surface area contributed by atoms with Gasteiger partial charge in [-0.15, -0.1) is 0 Å². The van der Waals surface area contributed by atoms with Gasteiger partial charge in [0, 0.05) is 23.2 Å². The molecular weight excluding hydrogens is 535 g/mol. The second-order valence-electron chi connectivity index (χ2n) is 9.73. The molecule has 0 spiro atoms.